The molecule has 1 aliphatic heterocycles. The first-order chi connectivity index (χ1) is 9.33. The minimum Gasteiger partial charge on any atom is -0.313 e. The van der Waals surface area contributed by atoms with Gasteiger partial charge in [-0.1, -0.05) is 26.7 Å². The summed E-state index contributed by atoms with van der Waals surface area (Å²) >= 11 is 0. The van der Waals surface area contributed by atoms with Crippen LogP contribution in [0.5, 0.6) is 0 Å². The molecule has 0 aromatic rings. The summed E-state index contributed by atoms with van der Waals surface area (Å²) in [6, 6.07) is 1.66. The second-order valence-corrected chi connectivity index (χ2v) is 6.72. The fourth-order valence-electron chi connectivity index (χ4n) is 3.90. The molecule has 112 valence electrons. The lowest BCUT2D eigenvalue weighted by molar-refractivity contribution is 0.123. The van der Waals surface area contributed by atoms with Crippen molar-refractivity contribution in [2.45, 2.75) is 83.7 Å². The Labute approximate surface area is 120 Å². The van der Waals surface area contributed by atoms with Crippen LogP contribution < -0.4 is 5.32 Å². The molecule has 19 heavy (non-hydrogen) atoms. The van der Waals surface area contributed by atoms with E-state index in [9.17, 15) is 0 Å². The first-order valence-electron chi connectivity index (χ1n) is 8.80. The van der Waals surface area contributed by atoms with Crippen LogP contribution in [0.15, 0.2) is 0 Å². The number of hydrogen-bond donors (Lipinski definition) is 1. The van der Waals surface area contributed by atoms with Gasteiger partial charge in [-0.25, -0.2) is 0 Å². The normalized spacial score (nSPS) is 32.1. The molecule has 1 aliphatic carbocycles. The Balaban J connectivity index is 1.81. The Morgan fingerprint density at radius 1 is 1.05 bits per heavy atom. The van der Waals surface area contributed by atoms with Crippen molar-refractivity contribution in [3.8, 4) is 0 Å². The van der Waals surface area contributed by atoms with Crippen LogP contribution in [0.3, 0.4) is 0 Å². The number of rotatable bonds is 7. The Kier molecular flexibility index (Phi) is 6.66. The summed E-state index contributed by atoms with van der Waals surface area (Å²) in [6.07, 6.45) is 12.7. The van der Waals surface area contributed by atoms with E-state index in [2.05, 4.69) is 24.1 Å². The van der Waals surface area contributed by atoms with E-state index in [1.165, 1.54) is 77.4 Å². The molecule has 2 aliphatic rings. The highest BCUT2D eigenvalue weighted by Gasteiger charge is 2.27. The zero-order valence-corrected chi connectivity index (χ0v) is 13.2. The zero-order chi connectivity index (χ0) is 13.5. The van der Waals surface area contributed by atoms with E-state index in [4.69, 9.17) is 0 Å². The lowest BCUT2D eigenvalue weighted by atomic mass is 9.83. The van der Waals surface area contributed by atoms with Crippen LogP contribution in [0, 0.1) is 5.92 Å². The Bertz CT molecular complexity index is 227. The maximum atomic E-state index is 3.68. The summed E-state index contributed by atoms with van der Waals surface area (Å²) in [6.45, 7) is 8.56. The van der Waals surface area contributed by atoms with Crippen molar-refractivity contribution < 1.29 is 0 Å². The van der Waals surface area contributed by atoms with E-state index in [0.29, 0.717) is 0 Å². The molecule has 2 rings (SSSR count). The molecular formula is C17H34N2. The second kappa shape index (κ2) is 8.26. The molecule has 0 radical (unpaired) electrons. The van der Waals surface area contributed by atoms with E-state index in [-0.39, 0.29) is 0 Å². The third-order valence-corrected chi connectivity index (χ3v) is 5.33. The van der Waals surface area contributed by atoms with Crippen LogP contribution in [-0.2, 0) is 0 Å². The maximum Gasteiger partial charge on any atom is 0.0195 e. The molecule has 2 heteroatoms. The molecule has 1 N–H and O–H groups in total. The maximum absolute atomic E-state index is 3.68. The average Bonchev–Trinajstić information content (AvgIpc) is 2.96. The highest BCUT2D eigenvalue weighted by molar-refractivity contribution is 4.84. The Hall–Kier alpha value is -0.0800. The topological polar surface area (TPSA) is 15.3 Å². The number of nitrogens with one attached hydrogen (secondary N) is 1. The minimum atomic E-state index is 0.778. The third-order valence-electron chi connectivity index (χ3n) is 5.33. The lowest BCUT2D eigenvalue weighted by Gasteiger charge is -2.38. The summed E-state index contributed by atoms with van der Waals surface area (Å²) < 4.78 is 0. The molecule has 2 fully saturated rings. The number of unbranched alkanes of at least 4 members (excludes halogenated alkanes) is 1. The van der Waals surface area contributed by atoms with Gasteiger partial charge in [-0.2, -0.15) is 0 Å². The molecule has 1 atom stereocenters. The predicted octanol–water partition coefficient (Wildman–Crippen LogP) is 3.81. The van der Waals surface area contributed by atoms with Crippen LogP contribution in [0.2, 0.25) is 0 Å². The van der Waals surface area contributed by atoms with Crippen molar-refractivity contribution in [3.05, 3.63) is 0 Å². The standard InChI is InChI=1S/C17H34N2/c1-3-5-13-19(14-16-7-6-12-18-16)17-10-8-15(4-2)9-11-17/h15-18H,3-14H2,1-2H3. The molecule has 1 heterocycles. The zero-order valence-electron chi connectivity index (χ0n) is 13.2. The predicted molar refractivity (Wildman–Crippen MR) is 83.5 cm³/mol. The van der Waals surface area contributed by atoms with Crippen molar-refractivity contribution in [2.24, 2.45) is 5.92 Å². The van der Waals surface area contributed by atoms with Crippen LogP contribution in [0.25, 0.3) is 0 Å². The Morgan fingerprint density at radius 2 is 1.84 bits per heavy atom. The van der Waals surface area contributed by atoms with Gasteiger partial charge in [-0.15, -0.1) is 0 Å². The second-order valence-electron chi connectivity index (χ2n) is 6.72. The van der Waals surface area contributed by atoms with E-state index in [0.717, 1.165) is 18.0 Å². The third kappa shape index (κ3) is 4.75. The molecule has 0 bridgehead atoms. The van der Waals surface area contributed by atoms with Crippen molar-refractivity contribution in [1.29, 1.82) is 0 Å². The van der Waals surface area contributed by atoms with Crippen LogP contribution in [0.4, 0.5) is 0 Å². The van der Waals surface area contributed by atoms with Crippen molar-refractivity contribution in [3.63, 3.8) is 0 Å². The van der Waals surface area contributed by atoms with Gasteiger partial charge in [0.15, 0.2) is 0 Å². The lowest BCUT2D eigenvalue weighted by Crippen LogP contribution is -2.45. The van der Waals surface area contributed by atoms with Gasteiger partial charge in [0.25, 0.3) is 0 Å². The molecule has 1 unspecified atom stereocenters. The molecular weight excluding hydrogens is 232 g/mol. The summed E-state index contributed by atoms with van der Waals surface area (Å²) in [5.74, 6) is 1.02. The summed E-state index contributed by atoms with van der Waals surface area (Å²) in [5.41, 5.74) is 0. The fraction of sp³-hybridized carbons (Fsp3) is 1.00. The Morgan fingerprint density at radius 3 is 2.42 bits per heavy atom. The van der Waals surface area contributed by atoms with Gasteiger partial charge in [0.1, 0.15) is 0 Å². The van der Waals surface area contributed by atoms with E-state index >= 15 is 0 Å². The molecule has 0 spiro atoms. The minimum absolute atomic E-state index is 0.778. The van der Waals surface area contributed by atoms with E-state index < -0.39 is 0 Å². The molecule has 0 amide bonds. The average molecular weight is 266 g/mol. The number of hydrogen-bond acceptors (Lipinski definition) is 2. The molecule has 1 saturated heterocycles. The molecule has 0 aromatic carbocycles. The van der Waals surface area contributed by atoms with Crippen LogP contribution in [0.1, 0.15) is 71.6 Å². The van der Waals surface area contributed by atoms with Crippen molar-refractivity contribution in [1.82, 2.24) is 10.2 Å². The van der Waals surface area contributed by atoms with Gasteiger partial charge in [-0.3, -0.25) is 4.90 Å². The SMILES string of the molecule is CCCCN(CC1CCCN1)C1CCC(CC)CC1. The molecule has 1 saturated carbocycles. The van der Waals surface area contributed by atoms with Gasteiger partial charge in [0.2, 0.25) is 0 Å². The fourth-order valence-corrected chi connectivity index (χ4v) is 3.90. The van der Waals surface area contributed by atoms with Crippen LogP contribution >= 0.6 is 0 Å². The van der Waals surface area contributed by atoms with Crippen molar-refractivity contribution in [2.75, 3.05) is 19.6 Å². The molecule has 2 nitrogen and oxygen atoms in total. The summed E-state index contributed by atoms with van der Waals surface area (Å²) in [5, 5.41) is 3.68. The quantitative estimate of drug-likeness (QED) is 0.754. The highest BCUT2D eigenvalue weighted by Crippen LogP contribution is 2.30. The van der Waals surface area contributed by atoms with E-state index in [1.54, 1.807) is 0 Å². The first-order valence-corrected chi connectivity index (χ1v) is 8.80. The van der Waals surface area contributed by atoms with Gasteiger partial charge in [0, 0.05) is 18.6 Å². The smallest absolute Gasteiger partial charge is 0.0195 e. The summed E-state index contributed by atoms with van der Waals surface area (Å²) in [7, 11) is 0. The molecule has 0 aromatic heterocycles. The largest absolute Gasteiger partial charge is 0.313 e. The van der Waals surface area contributed by atoms with Gasteiger partial charge >= 0.3 is 0 Å². The van der Waals surface area contributed by atoms with Gasteiger partial charge in [0.05, 0.1) is 0 Å². The van der Waals surface area contributed by atoms with Crippen LogP contribution in [-0.4, -0.2) is 36.6 Å². The van der Waals surface area contributed by atoms with Gasteiger partial charge in [-0.05, 0) is 64.0 Å². The number of nitrogens with zero attached hydrogens (tertiary/aromatic N) is 1. The highest BCUT2D eigenvalue weighted by atomic mass is 15.2. The first kappa shape index (κ1) is 15.3. The monoisotopic (exact) mass is 266 g/mol. The van der Waals surface area contributed by atoms with Gasteiger partial charge < -0.3 is 5.32 Å². The van der Waals surface area contributed by atoms with E-state index in [1.807, 2.05) is 0 Å². The van der Waals surface area contributed by atoms with Crippen molar-refractivity contribution >= 4 is 0 Å². The summed E-state index contributed by atoms with van der Waals surface area (Å²) in [4.78, 5) is 2.83.